The molecule has 10 aromatic carbocycles. The summed E-state index contributed by atoms with van der Waals surface area (Å²) in [6.45, 7) is 4.75. The van der Waals surface area contributed by atoms with E-state index in [0.717, 1.165) is 50.1 Å². The zero-order chi connectivity index (χ0) is 42.3. The average molecular weight is 816 g/mol. The van der Waals surface area contributed by atoms with Gasteiger partial charge in [0.1, 0.15) is 5.58 Å². The molecule has 14 rings (SSSR count). The van der Waals surface area contributed by atoms with E-state index in [4.69, 9.17) is 4.42 Å². The van der Waals surface area contributed by atoms with Gasteiger partial charge in [-0.15, -0.1) is 0 Å². The van der Waals surface area contributed by atoms with E-state index in [2.05, 4.69) is 231 Å². The number of hydrogen-bond acceptors (Lipinski definition) is 2. The molecule has 2 nitrogen and oxygen atoms in total. The molecule has 0 saturated carbocycles. The van der Waals surface area contributed by atoms with E-state index in [-0.39, 0.29) is 5.41 Å². The minimum absolute atomic E-state index is 0.193. The predicted octanol–water partition coefficient (Wildman–Crippen LogP) is 16.5. The molecule has 0 fully saturated rings. The molecule has 0 aliphatic heterocycles. The Morgan fingerprint density at radius 2 is 0.875 bits per heavy atom. The molecule has 2 heteroatoms. The van der Waals surface area contributed by atoms with Crippen LogP contribution in [0.5, 0.6) is 0 Å². The Kier molecular flexibility index (Phi) is 7.13. The molecule has 0 radical (unpaired) electrons. The van der Waals surface area contributed by atoms with Crippen LogP contribution in [0.3, 0.4) is 0 Å². The first kappa shape index (κ1) is 35.6. The van der Waals surface area contributed by atoms with Crippen LogP contribution in [0.15, 0.2) is 217 Å². The first-order chi connectivity index (χ1) is 31.5. The summed E-state index contributed by atoms with van der Waals surface area (Å²) in [7, 11) is 0. The van der Waals surface area contributed by atoms with Crippen molar-refractivity contribution in [2.24, 2.45) is 0 Å². The van der Waals surface area contributed by atoms with E-state index in [0.29, 0.717) is 0 Å². The van der Waals surface area contributed by atoms with Crippen LogP contribution in [0.2, 0.25) is 0 Å². The van der Waals surface area contributed by atoms with Crippen LogP contribution in [0.4, 0.5) is 17.1 Å². The van der Waals surface area contributed by atoms with Gasteiger partial charge in [-0.2, -0.15) is 0 Å². The largest absolute Gasteiger partial charge is 0.454 e. The van der Waals surface area contributed by atoms with Gasteiger partial charge in [-0.1, -0.05) is 190 Å². The second-order valence-electron chi connectivity index (χ2n) is 18.3. The van der Waals surface area contributed by atoms with Crippen LogP contribution in [0.25, 0.3) is 77.2 Å². The van der Waals surface area contributed by atoms with Gasteiger partial charge in [-0.25, -0.2) is 0 Å². The van der Waals surface area contributed by atoms with Gasteiger partial charge in [-0.05, 0) is 119 Å². The van der Waals surface area contributed by atoms with Crippen LogP contribution in [0.1, 0.15) is 47.2 Å². The third-order valence-corrected chi connectivity index (χ3v) is 14.9. The van der Waals surface area contributed by atoms with Crippen molar-refractivity contribution in [1.29, 1.82) is 0 Å². The summed E-state index contributed by atoms with van der Waals surface area (Å²) in [5.41, 5.74) is 22.2. The van der Waals surface area contributed by atoms with Crippen molar-refractivity contribution in [3.8, 4) is 44.5 Å². The Balaban J connectivity index is 1.11. The standard InChI is InChI=1S/C62H41NO/c1-61(2)51-24-12-8-20-44(51)48-31-29-40(36-55(48)61)63(59-43(38-16-4-3-5-17-38)33-34-50-58-42-19-7-6-18-39(42)28-35-57(58)64-60(50)59)41-30-32-49-47-23-11-15-27-54(47)62(56(49)37-41)52-25-13-9-21-45(52)46-22-10-14-26-53(46)62/h3-37H,1-2H3. The van der Waals surface area contributed by atoms with Crippen LogP contribution >= 0.6 is 0 Å². The quantitative estimate of drug-likeness (QED) is 0.176. The Morgan fingerprint density at radius 3 is 1.53 bits per heavy atom. The fourth-order valence-corrected chi connectivity index (χ4v) is 12.1. The monoisotopic (exact) mass is 815 g/mol. The van der Waals surface area contributed by atoms with Gasteiger partial charge in [-0.3, -0.25) is 0 Å². The zero-order valence-corrected chi connectivity index (χ0v) is 35.6. The van der Waals surface area contributed by atoms with Gasteiger partial charge in [0.25, 0.3) is 0 Å². The van der Waals surface area contributed by atoms with Gasteiger partial charge in [0, 0.05) is 33.1 Å². The highest BCUT2D eigenvalue weighted by molar-refractivity contribution is 6.22. The molecule has 0 bridgehead atoms. The molecule has 3 aliphatic carbocycles. The molecule has 1 aromatic heterocycles. The van der Waals surface area contributed by atoms with Crippen molar-refractivity contribution in [2.75, 3.05) is 4.90 Å². The van der Waals surface area contributed by atoms with Crippen molar-refractivity contribution in [2.45, 2.75) is 24.7 Å². The molecule has 0 atom stereocenters. The van der Waals surface area contributed by atoms with E-state index >= 15 is 0 Å². The first-order valence-corrected chi connectivity index (χ1v) is 22.4. The van der Waals surface area contributed by atoms with Crippen molar-refractivity contribution in [3.05, 3.63) is 246 Å². The lowest BCUT2D eigenvalue weighted by molar-refractivity contribution is 0.660. The van der Waals surface area contributed by atoms with E-state index in [1.165, 1.54) is 77.5 Å². The molecule has 1 spiro atoms. The molecular formula is C62H41NO. The Hall–Kier alpha value is -7.94. The highest BCUT2D eigenvalue weighted by Gasteiger charge is 2.51. The van der Waals surface area contributed by atoms with Crippen LogP contribution in [0, 0.1) is 0 Å². The van der Waals surface area contributed by atoms with Crippen LogP contribution in [-0.2, 0) is 10.8 Å². The summed E-state index contributed by atoms with van der Waals surface area (Å²) >= 11 is 0. The number of anilines is 3. The molecule has 0 N–H and O–H groups in total. The molecule has 0 unspecified atom stereocenters. The lowest BCUT2D eigenvalue weighted by Gasteiger charge is -2.33. The summed E-state index contributed by atoms with van der Waals surface area (Å²) in [6.07, 6.45) is 0. The smallest absolute Gasteiger partial charge is 0.160 e. The summed E-state index contributed by atoms with van der Waals surface area (Å²) < 4.78 is 7.25. The predicted molar refractivity (Wildman–Crippen MR) is 265 cm³/mol. The number of nitrogens with zero attached hydrogens (tertiary/aromatic N) is 1. The summed E-state index contributed by atoms with van der Waals surface area (Å²) in [6, 6.07) is 79.0. The maximum atomic E-state index is 7.25. The number of fused-ring (bicyclic) bond motifs is 18. The first-order valence-electron chi connectivity index (χ1n) is 22.4. The number of rotatable bonds is 4. The average Bonchev–Trinajstić information content (AvgIpc) is 4.04. The van der Waals surface area contributed by atoms with Crippen molar-refractivity contribution in [1.82, 2.24) is 0 Å². The fraction of sp³-hybridized carbons (Fsp3) is 0.0645. The molecule has 1 heterocycles. The normalized spacial score (nSPS) is 14.3. The van der Waals surface area contributed by atoms with Gasteiger partial charge in [0.2, 0.25) is 0 Å². The topological polar surface area (TPSA) is 16.4 Å². The van der Waals surface area contributed by atoms with Gasteiger partial charge >= 0.3 is 0 Å². The second-order valence-corrected chi connectivity index (χ2v) is 18.3. The van der Waals surface area contributed by atoms with Crippen LogP contribution < -0.4 is 4.90 Å². The zero-order valence-electron chi connectivity index (χ0n) is 35.6. The Bertz CT molecular complexity index is 3710. The van der Waals surface area contributed by atoms with Crippen molar-refractivity contribution < 1.29 is 4.42 Å². The molecule has 300 valence electrons. The van der Waals surface area contributed by atoms with E-state index in [1.54, 1.807) is 0 Å². The van der Waals surface area contributed by atoms with E-state index in [9.17, 15) is 0 Å². The molecule has 3 aliphatic rings. The molecule has 0 amide bonds. The summed E-state index contributed by atoms with van der Waals surface area (Å²) in [5, 5.41) is 4.63. The molecule has 0 saturated heterocycles. The van der Waals surface area contributed by atoms with Gasteiger partial charge in [0.15, 0.2) is 5.58 Å². The Labute approximate surface area is 372 Å². The van der Waals surface area contributed by atoms with Gasteiger partial charge < -0.3 is 9.32 Å². The molecule has 64 heavy (non-hydrogen) atoms. The SMILES string of the molecule is CC1(C)c2ccccc2-c2ccc(N(c3ccc4c(c3)C3(c5ccccc5-c5ccccc53)c3ccccc3-4)c3c(-c4ccccc4)ccc4c3oc3ccc5ccccc5c34)cc21. The highest BCUT2D eigenvalue weighted by Crippen LogP contribution is 2.64. The van der Waals surface area contributed by atoms with E-state index < -0.39 is 5.41 Å². The van der Waals surface area contributed by atoms with Crippen molar-refractivity contribution in [3.63, 3.8) is 0 Å². The minimum Gasteiger partial charge on any atom is -0.454 e. The third-order valence-electron chi connectivity index (χ3n) is 14.9. The van der Waals surface area contributed by atoms with E-state index in [1.807, 2.05) is 0 Å². The van der Waals surface area contributed by atoms with Gasteiger partial charge in [0.05, 0.1) is 11.1 Å². The highest BCUT2D eigenvalue weighted by atomic mass is 16.3. The lowest BCUT2D eigenvalue weighted by atomic mass is 9.70. The van der Waals surface area contributed by atoms with Crippen molar-refractivity contribution >= 4 is 49.8 Å². The second kappa shape index (κ2) is 12.8. The molecular weight excluding hydrogens is 775 g/mol. The maximum Gasteiger partial charge on any atom is 0.160 e. The third kappa shape index (κ3) is 4.54. The number of furan rings is 1. The molecule has 11 aromatic rings. The minimum atomic E-state index is -0.491. The van der Waals surface area contributed by atoms with Crippen LogP contribution in [-0.4, -0.2) is 0 Å². The number of hydrogen-bond donors (Lipinski definition) is 0. The summed E-state index contributed by atoms with van der Waals surface area (Å²) in [5.74, 6) is 0. The fourth-order valence-electron chi connectivity index (χ4n) is 12.1. The Morgan fingerprint density at radius 1 is 0.375 bits per heavy atom. The lowest BCUT2D eigenvalue weighted by Crippen LogP contribution is -2.26. The number of benzene rings is 10. The maximum absolute atomic E-state index is 7.25. The summed E-state index contributed by atoms with van der Waals surface area (Å²) in [4.78, 5) is 2.51.